The van der Waals surface area contributed by atoms with E-state index in [0.717, 1.165) is 18.9 Å². The molecule has 3 nitrogen and oxygen atoms in total. The summed E-state index contributed by atoms with van der Waals surface area (Å²) in [4.78, 5) is 8.11. The lowest BCUT2D eigenvalue weighted by Gasteiger charge is -2.17. The van der Waals surface area contributed by atoms with Crippen LogP contribution in [0.3, 0.4) is 0 Å². The summed E-state index contributed by atoms with van der Waals surface area (Å²) >= 11 is 0. The first-order valence-corrected chi connectivity index (χ1v) is 6.37. The van der Waals surface area contributed by atoms with Crippen LogP contribution in [0, 0.1) is 5.92 Å². The molecule has 1 fully saturated rings. The van der Waals surface area contributed by atoms with Crippen LogP contribution in [0.5, 0.6) is 0 Å². The topological polar surface area (TPSA) is 37.8 Å². The minimum atomic E-state index is 0.708. The standard InChI is InChI=1S/C13H21N3/c1-2-7-16-13(12-4-5-12)6-3-11-8-14-10-15-9-11/h8-10,12-13,16H,2-7H2,1H3. The average Bonchev–Trinajstić information content (AvgIpc) is 3.15. The SMILES string of the molecule is CCCNC(CCc1cncnc1)C1CC1. The van der Waals surface area contributed by atoms with Gasteiger partial charge in [-0.25, -0.2) is 9.97 Å². The zero-order valence-corrected chi connectivity index (χ0v) is 10.0. The van der Waals surface area contributed by atoms with Crippen molar-refractivity contribution in [2.45, 2.75) is 45.1 Å². The molecule has 1 atom stereocenters. The molecule has 0 amide bonds. The van der Waals surface area contributed by atoms with Crippen molar-refractivity contribution in [3.63, 3.8) is 0 Å². The van der Waals surface area contributed by atoms with Crippen molar-refractivity contribution in [3.8, 4) is 0 Å². The zero-order chi connectivity index (χ0) is 11.2. The van der Waals surface area contributed by atoms with Gasteiger partial charge in [-0.15, -0.1) is 0 Å². The lowest BCUT2D eigenvalue weighted by molar-refractivity contribution is 0.435. The van der Waals surface area contributed by atoms with Gasteiger partial charge in [-0.05, 0) is 50.1 Å². The fourth-order valence-corrected chi connectivity index (χ4v) is 2.11. The third-order valence-corrected chi connectivity index (χ3v) is 3.21. The molecule has 3 heteroatoms. The molecule has 0 spiro atoms. The molecule has 0 aliphatic heterocycles. The summed E-state index contributed by atoms with van der Waals surface area (Å²) in [6.45, 7) is 3.37. The highest BCUT2D eigenvalue weighted by molar-refractivity contribution is 5.03. The molecule has 0 saturated heterocycles. The van der Waals surface area contributed by atoms with Gasteiger partial charge in [0.1, 0.15) is 6.33 Å². The second-order valence-corrected chi connectivity index (χ2v) is 4.68. The van der Waals surface area contributed by atoms with Gasteiger partial charge in [0.05, 0.1) is 0 Å². The Morgan fingerprint density at radius 3 is 2.75 bits per heavy atom. The molecule has 1 heterocycles. The molecule has 0 radical (unpaired) electrons. The minimum absolute atomic E-state index is 0.708. The molecule has 1 saturated carbocycles. The Morgan fingerprint density at radius 2 is 2.12 bits per heavy atom. The van der Waals surface area contributed by atoms with E-state index in [4.69, 9.17) is 0 Å². The minimum Gasteiger partial charge on any atom is -0.314 e. The first-order valence-electron chi connectivity index (χ1n) is 6.37. The number of nitrogens with one attached hydrogen (secondary N) is 1. The molecule has 1 aromatic rings. The van der Waals surface area contributed by atoms with Gasteiger partial charge in [0, 0.05) is 18.4 Å². The summed E-state index contributed by atoms with van der Waals surface area (Å²) in [5.74, 6) is 0.927. The number of nitrogens with zero attached hydrogens (tertiary/aromatic N) is 2. The van der Waals surface area contributed by atoms with Crippen molar-refractivity contribution < 1.29 is 0 Å². The Hall–Kier alpha value is -0.960. The van der Waals surface area contributed by atoms with Crippen molar-refractivity contribution in [3.05, 3.63) is 24.3 Å². The molecule has 0 bridgehead atoms. The van der Waals surface area contributed by atoms with E-state index in [-0.39, 0.29) is 0 Å². The van der Waals surface area contributed by atoms with Gasteiger partial charge < -0.3 is 5.32 Å². The maximum Gasteiger partial charge on any atom is 0.115 e. The summed E-state index contributed by atoms with van der Waals surface area (Å²) in [6.07, 6.45) is 11.8. The van der Waals surface area contributed by atoms with E-state index in [0.29, 0.717) is 6.04 Å². The van der Waals surface area contributed by atoms with E-state index >= 15 is 0 Å². The second kappa shape index (κ2) is 5.94. The number of hydrogen-bond acceptors (Lipinski definition) is 3. The van der Waals surface area contributed by atoms with E-state index in [1.54, 1.807) is 6.33 Å². The van der Waals surface area contributed by atoms with E-state index in [9.17, 15) is 0 Å². The quantitative estimate of drug-likeness (QED) is 0.764. The molecule has 1 aliphatic carbocycles. The van der Waals surface area contributed by atoms with Gasteiger partial charge in [0.2, 0.25) is 0 Å². The third kappa shape index (κ3) is 3.56. The largest absolute Gasteiger partial charge is 0.314 e. The van der Waals surface area contributed by atoms with Crippen LogP contribution in [0.15, 0.2) is 18.7 Å². The monoisotopic (exact) mass is 219 g/mol. The Kier molecular flexibility index (Phi) is 4.28. The van der Waals surface area contributed by atoms with Crippen LogP contribution >= 0.6 is 0 Å². The van der Waals surface area contributed by atoms with Gasteiger partial charge in [0.15, 0.2) is 0 Å². The van der Waals surface area contributed by atoms with Gasteiger partial charge >= 0.3 is 0 Å². The normalized spacial score (nSPS) is 17.3. The summed E-state index contributed by atoms with van der Waals surface area (Å²) in [6, 6.07) is 0.708. The Balaban J connectivity index is 1.77. The Labute approximate surface area is 97.7 Å². The molecule has 1 N–H and O–H groups in total. The van der Waals surface area contributed by atoms with Crippen LogP contribution in [0.25, 0.3) is 0 Å². The van der Waals surface area contributed by atoms with Gasteiger partial charge in [-0.3, -0.25) is 0 Å². The first kappa shape index (κ1) is 11.5. The lowest BCUT2D eigenvalue weighted by Crippen LogP contribution is -2.32. The van der Waals surface area contributed by atoms with Crippen molar-refractivity contribution in [1.29, 1.82) is 0 Å². The van der Waals surface area contributed by atoms with Crippen molar-refractivity contribution >= 4 is 0 Å². The molecule has 0 aromatic carbocycles. The number of rotatable bonds is 7. The van der Waals surface area contributed by atoms with Crippen LogP contribution in [-0.2, 0) is 6.42 Å². The Morgan fingerprint density at radius 1 is 1.38 bits per heavy atom. The van der Waals surface area contributed by atoms with Crippen LogP contribution in [-0.4, -0.2) is 22.6 Å². The third-order valence-electron chi connectivity index (χ3n) is 3.21. The predicted octanol–water partition coefficient (Wildman–Crippen LogP) is 2.19. The van der Waals surface area contributed by atoms with Gasteiger partial charge in [0.25, 0.3) is 0 Å². The molecule has 88 valence electrons. The van der Waals surface area contributed by atoms with Crippen LogP contribution in [0.1, 0.15) is 38.2 Å². The summed E-state index contributed by atoms with van der Waals surface area (Å²) in [5.41, 5.74) is 1.26. The average molecular weight is 219 g/mol. The van der Waals surface area contributed by atoms with Crippen molar-refractivity contribution in [1.82, 2.24) is 15.3 Å². The molecule has 1 aromatic heterocycles. The van der Waals surface area contributed by atoms with E-state index < -0.39 is 0 Å². The summed E-state index contributed by atoms with van der Waals surface area (Å²) < 4.78 is 0. The summed E-state index contributed by atoms with van der Waals surface area (Å²) in [7, 11) is 0. The maximum atomic E-state index is 4.05. The van der Waals surface area contributed by atoms with Gasteiger partial charge in [-0.2, -0.15) is 0 Å². The molecular weight excluding hydrogens is 198 g/mol. The number of aryl methyl sites for hydroxylation is 1. The predicted molar refractivity (Wildman–Crippen MR) is 65.2 cm³/mol. The first-order chi connectivity index (χ1) is 7.90. The Bertz CT molecular complexity index is 295. The van der Waals surface area contributed by atoms with Crippen LogP contribution in [0.2, 0.25) is 0 Å². The van der Waals surface area contributed by atoms with Crippen molar-refractivity contribution in [2.75, 3.05) is 6.54 Å². The summed E-state index contributed by atoms with van der Waals surface area (Å²) in [5, 5.41) is 3.66. The maximum absolute atomic E-state index is 4.05. The van der Waals surface area contributed by atoms with Crippen LogP contribution in [0.4, 0.5) is 0 Å². The molecule has 1 unspecified atom stereocenters. The van der Waals surface area contributed by atoms with E-state index in [1.807, 2.05) is 12.4 Å². The van der Waals surface area contributed by atoms with Gasteiger partial charge in [-0.1, -0.05) is 6.92 Å². The molecule has 16 heavy (non-hydrogen) atoms. The lowest BCUT2D eigenvalue weighted by atomic mass is 10.0. The zero-order valence-electron chi connectivity index (χ0n) is 10.0. The highest BCUT2D eigenvalue weighted by Crippen LogP contribution is 2.34. The molecular formula is C13H21N3. The van der Waals surface area contributed by atoms with E-state index in [2.05, 4.69) is 22.2 Å². The number of aromatic nitrogens is 2. The fourth-order valence-electron chi connectivity index (χ4n) is 2.11. The second-order valence-electron chi connectivity index (χ2n) is 4.68. The highest BCUT2D eigenvalue weighted by Gasteiger charge is 2.30. The number of hydrogen-bond donors (Lipinski definition) is 1. The van der Waals surface area contributed by atoms with Crippen molar-refractivity contribution in [2.24, 2.45) is 5.92 Å². The van der Waals surface area contributed by atoms with Crippen LogP contribution < -0.4 is 5.32 Å². The smallest absolute Gasteiger partial charge is 0.115 e. The fraction of sp³-hybridized carbons (Fsp3) is 0.692. The molecule has 1 aliphatic rings. The van der Waals surface area contributed by atoms with E-state index in [1.165, 1.54) is 31.2 Å². The highest BCUT2D eigenvalue weighted by atomic mass is 14.9. The molecule has 2 rings (SSSR count).